The fraction of sp³-hybridized carbons (Fsp3) is 0.462. The van der Waals surface area contributed by atoms with Gasteiger partial charge in [0.05, 0.1) is 44.2 Å². The Bertz CT molecular complexity index is 1160. The van der Waals surface area contributed by atoms with Crippen LogP contribution in [-0.4, -0.2) is 85.2 Å². The third kappa shape index (κ3) is 5.09. The van der Waals surface area contributed by atoms with E-state index in [1.165, 1.54) is 0 Å². The summed E-state index contributed by atoms with van der Waals surface area (Å²) in [4.78, 5) is 38.8. The Hall–Kier alpha value is -3.70. The van der Waals surface area contributed by atoms with Crippen LogP contribution in [0.2, 0.25) is 0 Å². The predicted molar refractivity (Wildman–Crippen MR) is 138 cm³/mol. The van der Waals surface area contributed by atoms with Gasteiger partial charge in [-0.25, -0.2) is 19.6 Å². The summed E-state index contributed by atoms with van der Waals surface area (Å²) in [5, 5.41) is 5.53. The molecule has 1 aromatic heterocycles. The lowest BCUT2D eigenvalue weighted by molar-refractivity contribution is -0.138. The number of nitrogens with zero attached hydrogens (tertiary/aromatic N) is 4. The van der Waals surface area contributed by atoms with E-state index in [2.05, 4.69) is 22.1 Å². The lowest BCUT2D eigenvalue weighted by Gasteiger charge is -2.51. The zero-order valence-corrected chi connectivity index (χ0v) is 21.0. The topological polar surface area (TPSA) is 118 Å². The molecule has 196 valence electrons. The van der Waals surface area contributed by atoms with Gasteiger partial charge in [-0.15, -0.1) is 0 Å². The van der Waals surface area contributed by atoms with Gasteiger partial charge in [-0.05, 0) is 31.2 Å². The average molecular weight is 509 g/mol. The van der Waals surface area contributed by atoms with Gasteiger partial charge in [0.1, 0.15) is 12.4 Å². The van der Waals surface area contributed by atoms with Crippen molar-refractivity contribution >= 4 is 23.6 Å². The molecule has 11 heteroatoms. The first kappa shape index (κ1) is 25.0. The molecule has 11 nitrogen and oxygen atoms in total. The standard InChI is InChI=1S/C26H32N6O5/c1-3-11-37-25(34)32-15-20-21(14-26(32)16-36-17-26)29-22(30-23(20)31-9-12-35-13-10-31)18-5-7-19(8-6-18)28-24(33)27-4-2/h3,5-8H,1,4,9-17H2,2H3,(H2,27,28,33). The number of anilines is 2. The number of morpholine rings is 1. The number of aromatic nitrogens is 2. The van der Waals surface area contributed by atoms with Gasteiger partial charge in [0.2, 0.25) is 0 Å². The molecule has 0 atom stereocenters. The highest BCUT2D eigenvalue weighted by atomic mass is 16.6. The van der Waals surface area contributed by atoms with Crippen LogP contribution in [0.5, 0.6) is 0 Å². The number of nitrogens with one attached hydrogen (secondary N) is 2. The second-order valence-corrected chi connectivity index (χ2v) is 9.30. The van der Waals surface area contributed by atoms with Crippen molar-refractivity contribution in [1.29, 1.82) is 0 Å². The van der Waals surface area contributed by atoms with Crippen LogP contribution in [0.15, 0.2) is 36.9 Å². The van der Waals surface area contributed by atoms with Crippen molar-refractivity contribution in [2.75, 3.05) is 62.9 Å². The van der Waals surface area contributed by atoms with Crippen molar-refractivity contribution in [1.82, 2.24) is 20.2 Å². The maximum Gasteiger partial charge on any atom is 0.411 e. The first-order valence-electron chi connectivity index (χ1n) is 12.5. The molecular weight excluding hydrogens is 476 g/mol. The van der Waals surface area contributed by atoms with Crippen LogP contribution in [0.4, 0.5) is 21.1 Å². The summed E-state index contributed by atoms with van der Waals surface area (Å²) in [5.41, 5.74) is 2.87. The number of carbonyl (C=O) groups is 2. The Morgan fingerprint density at radius 3 is 2.57 bits per heavy atom. The third-order valence-electron chi connectivity index (χ3n) is 6.79. The summed E-state index contributed by atoms with van der Waals surface area (Å²) in [6.07, 6.45) is 1.72. The maximum atomic E-state index is 13.0. The van der Waals surface area contributed by atoms with Gasteiger partial charge < -0.3 is 29.7 Å². The van der Waals surface area contributed by atoms with Crippen molar-refractivity contribution in [3.8, 4) is 11.4 Å². The second kappa shape index (κ2) is 10.7. The molecule has 3 aliphatic heterocycles. The van der Waals surface area contributed by atoms with Crippen LogP contribution < -0.4 is 15.5 Å². The summed E-state index contributed by atoms with van der Waals surface area (Å²) in [6, 6.07) is 7.21. The van der Waals surface area contributed by atoms with Gasteiger partial charge in [-0.2, -0.15) is 0 Å². The van der Waals surface area contributed by atoms with E-state index in [4.69, 9.17) is 24.2 Å². The first-order chi connectivity index (χ1) is 18.0. The van der Waals surface area contributed by atoms with Crippen LogP contribution >= 0.6 is 0 Å². The normalized spacial score (nSPS) is 18.0. The summed E-state index contributed by atoms with van der Waals surface area (Å²) >= 11 is 0. The van der Waals surface area contributed by atoms with Crippen LogP contribution in [0.3, 0.4) is 0 Å². The average Bonchev–Trinajstić information content (AvgIpc) is 2.90. The molecule has 3 aliphatic rings. The molecule has 5 rings (SSSR count). The summed E-state index contributed by atoms with van der Waals surface area (Å²) in [7, 11) is 0. The molecule has 2 aromatic rings. The molecule has 0 bridgehead atoms. The van der Waals surface area contributed by atoms with E-state index in [1.54, 1.807) is 11.0 Å². The number of amides is 3. The first-order valence-corrected chi connectivity index (χ1v) is 12.5. The Kier molecular flexibility index (Phi) is 7.24. The third-order valence-corrected chi connectivity index (χ3v) is 6.79. The molecule has 2 saturated heterocycles. The quantitative estimate of drug-likeness (QED) is 0.572. The minimum atomic E-state index is -0.487. The minimum absolute atomic E-state index is 0.149. The van der Waals surface area contributed by atoms with E-state index in [0.717, 1.165) is 22.6 Å². The molecule has 0 unspecified atom stereocenters. The van der Waals surface area contributed by atoms with Crippen molar-refractivity contribution in [2.24, 2.45) is 0 Å². The maximum absolute atomic E-state index is 13.0. The molecule has 3 amide bonds. The molecule has 0 aliphatic carbocycles. The van der Waals surface area contributed by atoms with Gasteiger partial charge in [0.15, 0.2) is 5.82 Å². The molecule has 1 aromatic carbocycles. The smallest absolute Gasteiger partial charge is 0.411 e. The lowest BCUT2D eigenvalue weighted by Crippen LogP contribution is -2.66. The molecule has 0 saturated carbocycles. The SMILES string of the molecule is C=CCOC(=O)N1Cc2c(nc(-c3ccc(NC(=O)NCC)cc3)nc2N2CCOCC2)CC12COC2. The Balaban J connectivity index is 1.50. The van der Waals surface area contributed by atoms with E-state index >= 15 is 0 Å². The highest BCUT2D eigenvalue weighted by molar-refractivity contribution is 5.89. The zero-order valence-electron chi connectivity index (χ0n) is 21.0. The van der Waals surface area contributed by atoms with Crippen molar-refractivity contribution in [3.63, 3.8) is 0 Å². The van der Waals surface area contributed by atoms with Crippen LogP contribution in [0, 0.1) is 0 Å². The summed E-state index contributed by atoms with van der Waals surface area (Å²) in [6.45, 7) is 10.0. The zero-order chi connectivity index (χ0) is 25.8. The Labute approximate surface area is 215 Å². The number of rotatable bonds is 6. The van der Waals surface area contributed by atoms with E-state index in [0.29, 0.717) is 70.5 Å². The molecule has 37 heavy (non-hydrogen) atoms. The molecule has 1 spiro atoms. The number of hydrogen-bond donors (Lipinski definition) is 2. The van der Waals surface area contributed by atoms with Crippen molar-refractivity contribution < 1.29 is 23.8 Å². The van der Waals surface area contributed by atoms with E-state index < -0.39 is 5.54 Å². The Morgan fingerprint density at radius 1 is 1.16 bits per heavy atom. The second-order valence-electron chi connectivity index (χ2n) is 9.30. The largest absolute Gasteiger partial charge is 0.445 e. The van der Waals surface area contributed by atoms with Crippen LogP contribution in [0.1, 0.15) is 18.2 Å². The molecular formula is C26H32N6O5. The summed E-state index contributed by atoms with van der Waals surface area (Å²) < 4.78 is 16.5. The van der Waals surface area contributed by atoms with Gasteiger partial charge in [0.25, 0.3) is 0 Å². The molecule has 4 heterocycles. The number of urea groups is 1. The van der Waals surface area contributed by atoms with Gasteiger partial charge >= 0.3 is 12.1 Å². The van der Waals surface area contributed by atoms with Gasteiger partial charge in [0, 0.05) is 42.9 Å². The molecule has 2 N–H and O–H groups in total. The lowest BCUT2D eigenvalue weighted by atomic mass is 9.83. The summed E-state index contributed by atoms with van der Waals surface area (Å²) in [5.74, 6) is 1.41. The number of benzene rings is 1. The van der Waals surface area contributed by atoms with E-state index in [-0.39, 0.29) is 18.7 Å². The van der Waals surface area contributed by atoms with Crippen LogP contribution in [0.25, 0.3) is 11.4 Å². The predicted octanol–water partition coefficient (Wildman–Crippen LogP) is 2.57. The highest BCUT2D eigenvalue weighted by Crippen LogP contribution is 2.40. The van der Waals surface area contributed by atoms with Gasteiger partial charge in [-0.3, -0.25) is 4.90 Å². The van der Waals surface area contributed by atoms with Gasteiger partial charge in [-0.1, -0.05) is 12.7 Å². The van der Waals surface area contributed by atoms with Crippen molar-refractivity contribution in [3.05, 3.63) is 48.2 Å². The number of carbonyl (C=O) groups excluding carboxylic acids is 2. The molecule has 0 radical (unpaired) electrons. The highest BCUT2D eigenvalue weighted by Gasteiger charge is 2.51. The Morgan fingerprint density at radius 2 is 1.92 bits per heavy atom. The number of fused-ring (bicyclic) bond motifs is 1. The fourth-order valence-electron chi connectivity index (χ4n) is 4.82. The molecule has 2 fully saturated rings. The number of hydrogen-bond acceptors (Lipinski definition) is 8. The number of ether oxygens (including phenoxy) is 3. The van der Waals surface area contributed by atoms with E-state index in [9.17, 15) is 9.59 Å². The monoisotopic (exact) mass is 508 g/mol. The van der Waals surface area contributed by atoms with Crippen LogP contribution in [-0.2, 0) is 27.2 Å². The fourth-order valence-corrected chi connectivity index (χ4v) is 4.82. The minimum Gasteiger partial charge on any atom is -0.445 e. The van der Waals surface area contributed by atoms with Crippen molar-refractivity contribution in [2.45, 2.75) is 25.4 Å². The van der Waals surface area contributed by atoms with E-state index in [1.807, 2.05) is 31.2 Å².